The van der Waals surface area contributed by atoms with Crippen molar-refractivity contribution in [3.63, 3.8) is 0 Å². The molecular weight excluding hydrogens is 379 g/mol. The van der Waals surface area contributed by atoms with Crippen molar-refractivity contribution in [2.75, 3.05) is 13.2 Å². The van der Waals surface area contributed by atoms with Crippen molar-refractivity contribution in [1.29, 1.82) is 0 Å². The van der Waals surface area contributed by atoms with Crippen LogP contribution in [0.15, 0.2) is 0 Å². The van der Waals surface area contributed by atoms with E-state index in [1.54, 1.807) is 6.92 Å². The van der Waals surface area contributed by atoms with Crippen LogP contribution in [-0.4, -0.2) is 97.4 Å². The van der Waals surface area contributed by atoms with Gasteiger partial charge in [0.05, 0.1) is 6.61 Å². The predicted octanol–water partition coefficient (Wildman–Crippen LogP) is -2.99. The van der Waals surface area contributed by atoms with Gasteiger partial charge in [-0.1, -0.05) is 6.92 Å². The number of phosphoric ester groups is 1. The van der Waals surface area contributed by atoms with Gasteiger partial charge in [0, 0.05) is 6.42 Å². The molecule has 0 aromatic carbocycles. The maximum Gasteiger partial charge on any atom is 0.472 e. The molecular formula is C13H25O12P. The predicted molar refractivity (Wildman–Crippen MR) is 82.6 cm³/mol. The molecule has 0 bridgehead atoms. The lowest BCUT2D eigenvalue weighted by molar-refractivity contribution is -0.220. The molecule has 1 rings (SSSR count). The lowest BCUT2D eigenvalue weighted by Crippen LogP contribution is -2.64. The van der Waals surface area contributed by atoms with E-state index in [0.29, 0.717) is 6.42 Å². The number of ether oxygens (including phenoxy) is 1. The van der Waals surface area contributed by atoms with E-state index in [4.69, 9.17) is 0 Å². The first-order chi connectivity index (χ1) is 12.0. The Morgan fingerprint density at radius 1 is 1.00 bits per heavy atom. The molecule has 0 aromatic rings. The fourth-order valence-electron chi connectivity index (χ4n) is 2.20. The molecule has 0 heterocycles. The lowest BCUT2D eigenvalue weighted by atomic mass is 9.85. The molecule has 13 heteroatoms. The number of aliphatic hydroxyl groups excluding tert-OH is 6. The molecule has 6 atom stereocenters. The minimum absolute atomic E-state index is 0.142. The Labute approximate surface area is 149 Å². The van der Waals surface area contributed by atoms with Crippen LogP contribution in [0.2, 0.25) is 0 Å². The van der Waals surface area contributed by atoms with E-state index in [1.165, 1.54) is 0 Å². The SMILES string of the molecule is CCCC(=O)OCC(O)COP(=O)(O)OC1C(O)C(O)C(O)C(O)C1O. The summed E-state index contributed by atoms with van der Waals surface area (Å²) < 4.78 is 25.6. The average molecular weight is 404 g/mol. The summed E-state index contributed by atoms with van der Waals surface area (Å²) in [6, 6.07) is 0. The highest BCUT2D eigenvalue weighted by molar-refractivity contribution is 7.47. The first-order valence-electron chi connectivity index (χ1n) is 7.90. The van der Waals surface area contributed by atoms with Crippen LogP contribution in [0.1, 0.15) is 19.8 Å². The molecule has 0 spiro atoms. The maximum atomic E-state index is 11.9. The van der Waals surface area contributed by atoms with Crippen molar-refractivity contribution in [3.8, 4) is 0 Å². The van der Waals surface area contributed by atoms with E-state index in [-0.39, 0.29) is 6.42 Å². The number of rotatable bonds is 9. The molecule has 1 fully saturated rings. The largest absolute Gasteiger partial charge is 0.472 e. The fraction of sp³-hybridized carbons (Fsp3) is 0.923. The number of carbonyl (C=O) groups is 1. The van der Waals surface area contributed by atoms with Crippen LogP contribution in [0.3, 0.4) is 0 Å². The average Bonchev–Trinajstić information content (AvgIpc) is 2.59. The highest BCUT2D eigenvalue weighted by atomic mass is 31.2. The summed E-state index contributed by atoms with van der Waals surface area (Å²) in [5, 5.41) is 57.5. The summed E-state index contributed by atoms with van der Waals surface area (Å²) in [5.41, 5.74) is 0. The van der Waals surface area contributed by atoms with Crippen LogP contribution < -0.4 is 0 Å². The van der Waals surface area contributed by atoms with E-state index >= 15 is 0 Å². The van der Waals surface area contributed by atoms with E-state index in [9.17, 15) is 44.9 Å². The van der Waals surface area contributed by atoms with Gasteiger partial charge >= 0.3 is 13.8 Å². The van der Waals surface area contributed by atoms with Crippen molar-refractivity contribution in [1.82, 2.24) is 0 Å². The summed E-state index contributed by atoms with van der Waals surface area (Å²) in [6.45, 7) is 0.484. The van der Waals surface area contributed by atoms with Crippen molar-refractivity contribution in [3.05, 3.63) is 0 Å². The van der Waals surface area contributed by atoms with Crippen molar-refractivity contribution < 1.29 is 58.7 Å². The van der Waals surface area contributed by atoms with E-state index in [2.05, 4.69) is 13.8 Å². The second-order valence-corrected chi connectivity index (χ2v) is 7.28. The van der Waals surface area contributed by atoms with Gasteiger partial charge in [-0.15, -0.1) is 0 Å². The Morgan fingerprint density at radius 3 is 2.00 bits per heavy atom. The lowest BCUT2D eigenvalue weighted by Gasteiger charge is -2.41. The molecule has 0 amide bonds. The van der Waals surface area contributed by atoms with E-state index < -0.39 is 69.7 Å². The molecule has 7 N–H and O–H groups in total. The molecule has 6 unspecified atom stereocenters. The zero-order valence-electron chi connectivity index (χ0n) is 14.0. The summed E-state index contributed by atoms with van der Waals surface area (Å²) in [5.74, 6) is -0.565. The molecule has 0 saturated heterocycles. The number of hydrogen-bond donors (Lipinski definition) is 7. The highest BCUT2D eigenvalue weighted by Crippen LogP contribution is 2.47. The van der Waals surface area contributed by atoms with E-state index in [0.717, 1.165) is 0 Å². The monoisotopic (exact) mass is 404 g/mol. The molecule has 0 aromatic heterocycles. The van der Waals surface area contributed by atoms with Crippen LogP contribution in [0, 0.1) is 0 Å². The van der Waals surface area contributed by atoms with Crippen LogP contribution in [0.5, 0.6) is 0 Å². The van der Waals surface area contributed by atoms with Crippen LogP contribution >= 0.6 is 7.82 Å². The summed E-state index contributed by atoms with van der Waals surface area (Å²) >= 11 is 0. The van der Waals surface area contributed by atoms with Gasteiger partial charge < -0.3 is 40.3 Å². The van der Waals surface area contributed by atoms with Gasteiger partial charge in [-0.25, -0.2) is 4.57 Å². The molecule has 154 valence electrons. The summed E-state index contributed by atoms with van der Waals surface area (Å²) in [6.07, 6.45) is -12.5. The third-order valence-electron chi connectivity index (χ3n) is 3.65. The standard InChI is InChI=1S/C13H25O12P/c1-2-3-7(15)23-4-6(14)5-24-26(21,22)25-13-11(19)9(17)8(16)10(18)12(13)20/h6,8-14,16-20H,2-5H2,1H3,(H,21,22). The Hall–Kier alpha value is -0.660. The molecule has 0 radical (unpaired) electrons. The number of phosphoric acid groups is 1. The quantitative estimate of drug-likeness (QED) is 0.152. The Kier molecular flexibility index (Phi) is 9.03. The van der Waals surface area contributed by atoms with Gasteiger partial charge in [0.25, 0.3) is 0 Å². The third kappa shape index (κ3) is 6.50. The Balaban J connectivity index is 2.54. The Morgan fingerprint density at radius 2 is 1.50 bits per heavy atom. The summed E-state index contributed by atoms with van der Waals surface area (Å²) in [4.78, 5) is 20.7. The normalized spacial score (nSPS) is 35.5. The Bertz CT molecular complexity index is 486. The minimum atomic E-state index is -4.95. The second kappa shape index (κ2) is 10.0. The van der Waals surface area contributed by atoms with Crippen LogP contribution in [0.4, 0.5) is 0 Å². The number of hydrogen-bond acceptors (Lipinski definition) is 11. The number of carbonyl (C=O) groups excluding carboxylic acids is 1. The molecule has 1 aliphatic rings. The topological polar surface area (TPSA) is 203 Å². The smallest absolute Gasteiger partial charge is 0.463 e. The number of aliphatic hydroxyl groups is 6. The first-order valence-corrected chi connectivity index (χ1v) is 9.39. The maximum absolute atomic E-state index is 11.9. The highest BCUT2D eigenvalue weighted by Gasteiger charge is 2.51. The van der Waals surface area contributed by atoms with Crippen molar-refractivity contribution in [2.45, 2.75) is 62.5 Å². The molecule has 0 aliphatic heterocycles. The zero-order valence-corrected chi connectivity index (χ0v) is 14.9. The van der Waals surface area contributed by atoms with E-state index in [1.807, 2.05) is 0 Å². The number of esters is 1. The van der Waals surface area contributed by atoms with Gasteiger partial charge in [0.15, 0.2) is 0 Å². The van der Waals surface area contributed by atoms with Gasteiger partial charge in [0.2, 0.25) is 0 Å². The molecule has 1 saturated carbocycles. The van der Waals surface area contributed by atoms with Gasteiger partial charge in [0.1, 0.15) is 49.3 Å². The zero-order chi connectivity index (χ0) is 20.1. The van der Waals surface area contributed by atoms with Crippen LogP contribution in [0.25, 0.3) is 0 Å². The first kappa shape index (κ1) is 23.4. The second-order valence-electron chi connectivity index (χ2n) is 5.87. The van der Waals surface area contributed by atoms with Gasteiger partial charge in [-0.3, -0.25) is 13.8 Å². The fourth-order valence-corrected chi connectivity index (χ4v) is 3.18. The minimum Gasteiger partial charge on any atom is -0.463 e. The van der Waals surface area contributed by atoms with Crippen molar-refractivity contribution >= 4 is 13.8 Å². The third-order valence-corrected chi connectivity index (χ3v) is 4.63. The molecule has 1 aliphatic carbocycles. The van der Waals surface area contributed by atoms with Crippen molar-refractivity contribution in [2.24, 2.45) is 0 Å². The van der Waals surface area contributed by atoms with Gasteiger partial charge in [-0.05, 0) is 6.42 Å². The van der Waals surface area contributed by atoms with Crippen LogP contribution in [-0.2, 0) is 23.1 Å². The summed E-state index contributed by atoms with van der Waals surface area (Å²) in [7, 11) is -4.95. The molecule has 12 nitrogen and oxygen atoms in total. The molecule has 26 heavy (non-hydrogen) atoms. The van der Waals surface area contributed by atoms with Gasteiger partial charge in [-0.2, -0.15) is 0 Å².